The predicted octanol–water partition coefficient (Wildman–Crippen LogP) is 1.39. The second kappa shape index (κ2) is 9.49. The van der Waals surface area contributed by atoms with Gasteiger partial charge in [0.15, 0.2) is 5.78 Å². The van der Waals surface area contributed by atoms with Crippen molar-refractivity contribution < 1.29 is 9.18 Å². The van der Waals surface area contributed by atoms with Crippen LogP contribution >= 0.6 is 24.8 Å². The maximum atomic E-state index is 10.8. The highest BCUT2D eigenvalue weighted by Crippen LogP contribution is 1.64. The maximum Gasteiger partial charge on any atom is 0.160 e. The highest BCUT2D eigenvalue weighted by atomic mass is 35.5. The van der Waals surface area contributed by atoms with Crippen molar-refractivity contribution in [2.75, 3.05) is 6.67 Å². The van der Waals surface area contributed by atoms with E-state index >= 15 is 0 Å². The number of hydrogen-bond acceptors (Lipinski definition) is 1. The van der Waals surface area contributed by atoms with Crippen LogP contribution in [0.25, 0.3) is 0 Å². The van der Waals surface area contributed by atoms with Crippen molar-refractivity contribution in [2.24, 2.45) is 0 Å². The molecular weight excluding hydrogens is 142 g/mol. The van der Waals surface area contributed by atoms with E-state index in [0.717, 1.165) is 0 Å². The predicted molar refractivity (Wildman–Crippen MR) is 31.2 cm³/mol. The van der Waals surface area contributed by atoms with Crippen molar-refractivity contribution in [3.63, 3.8) is 0 Å². The fourth-order valence-electron chi connectivity index (χ4n) is 0. The van der Waals surface area contributed by atoms with E-state index in [2.05, 4.69) is 0 Å². The molecule has 0 unspecified atom stereocenters. The van der Waals surface area contributed by atoms with E-state index < -0.39 is 12.5 Å². The molecular formula is C3H7Cl2FO. The first-order valence-corrected chi connectivity index (χ1v) is 1.32. The van der Waals surface area contributed by atoms with Crippen LogP contribution in [-0.4, -0.2) is 12.5 Å². The molecule has 0 N–H and O–H groups in total. The average Bonchev–Trinajstić information content (AvgIpc) is 1.38. The number of carbonyl (C=O) groups excluding carboxylic acids is 1. The third-order valence-electron chi connectivity index (χ3n) is 0.188. The number of carbonyl (C=O) groups is 1. The summed E-state index contributed by atoms with van der Waals surface area (Å²) < 4.78 is 10.8. The van der Waals surface area contributed by atoms with Crippen LogP contribution in [0.3, 0.4) is 0 Å². The van der Waals surface area contributed by atoms with Gasteiger partial charge in [0, 0.05) is 0 Å². The molecule has 0 heterocycles. The fourth-order valence-corrected chi connectivity index (χ4v) is 0. The van der Waals surface area contributed by atoms with Crippen LogP contribution in [0.4, 0.5) is 4.39 Å². The highest BCUT2D eigenvalue weighted by Gasteiger charge is 1.81. The Morgan fingerprint density at radius 2 is 1.71 bits per heavy atom. The summed E-state index contributed by atoms with van der Waals surface area (Å²) in [6, 6.07) is 0. The lowest BCUT2D eigenvalue weighted by molar-refractivity contribution is -0.117. The Morgan fingerprint density at radius 1 is 1.57 bits per heavy atom. The van der Waals surface area contributed by atoms with E-state index in [-0.39, 0.29) is 24.8 Å². The molecule has 0 aliphatic carbocycles. The first-order valence-electron chi connectivity index (χ1n) is 1.32. The lowest BCUT2D eigenvalue weighted by Gasteiger charge is -1.68. The first-order chi connectivity index (χ1) is 2.27. The third-order valence-corrected chi connectivity index (χ3v) is 0.188. The third kappa shape index (κ3) is 22.7. The van der Waals surface area contributed by atoms with Crippen molar-refractivity contribution in [3.05, 3.63) is 0 Å². The van der Waals surface area contributed by atoms with E-state index in [1.54, 1.807) is 0 Å². The van der Waals surface area contributed by atoms with Crippen molar-refractivity contribution in [3.8, 4) is 0 Å². The van der Waals surface area contributed by atoms with E-state index in [1.165, 1.54) is 6.92 Å². The van der Waals surface area contributed by atoms with E-state index in [0.29, 0.717) is 0 Å². The molecule has 0 bridgehead atoms. The van der Waals surface area contributed by atoms with Gasteiger partial charge in [0.1, 0.15) is 6.67 Å². The Bertz CT molecular complexity index is 48.2. The second-order valence-electron chi connectivity index (χ2n) is 0.836. The minimum absolute atomic E-state index is 0. The van der Waals surface area contributed by atoms with Crippen LogP contribution in [0.15, 0.2) is 0 Å². The molecule has 0 radical (unpaired) electrons. The molecule has 0 atom stereocenters. The number of Topliss-reactive ketones (excluding diaryl/α,β-unsaturated/α-hetero) is 1. The van der Waals surface area contributed by atoms with Crippen LogP contribution in [0.2, 0.25) is 0 Å². The van der Waals surface area contributed by atoms with Gasteiger partial charge in [-0.2, -0.15) is 0 Å². The normalized spacial score (nSPS) is 5.43. The number of halogens is 3. The SMILES string of the molecule is CC(=O)CF.Cl.Cl. The van der Waals surface area contributed by atoms with Crippen LogP contribution < -0.4 is 0 Å². The Balaban J connectivity index is -0.0000000800. The molecule has 4 heteroatoms. The summed E-state index contributed by atoms with van der Waals surface area (Å²) in [5.74, 6) is -0.412. The van der Waals surface area contributed by atoms with E-state index in [1.807, 2.05) is 0 Å². The first kappa shape index (κ1) is 15.7. The monoisotopic (exact) mass is 148 g/mol. The van der Waals surface area contributed by atoms with Gasteiger partial charge in [-0.05, 0) is 6.92 Å². The molecule has 0 aromatic heterocycles. The van der Waals surface area contributed by atoms with E-state index in [9.17, 15) is 9.18 Å². The zero-order valence-electron chi connectivity index (χ0n) is 3.81. The Labute approximate surface area is 54.1 Å². The van der Waals surface area contributed by atoms with Gasteiger partial charge in [-0.15, -0.1) is 24.8 Å². The topological polar surface area (TPSA) is 17.1 Å². The molecule has 46 valence electrons. The molecule has 1 nitrogen and oxygen atoms in total. The van der Waals surface area contributed by atoms with Crippen molar-refractivity contribution in [1.29, 1.82) is 0 Å². The van der Waals surface area contributed by atoms with Crippen LogP contribution in [0, 0.1) is 0 Å². The van der Waals surface area contributed by atoms with Gasteiger partial charge in [-0.25, -0.2) is 4.39 Å². The summed E-state index contributed by atoms with van der Waals surface area (Å²) in [5.41, 5.74) is 0. The number of rotatable bonds is 1. The van der Waals surface area contributed by atoms with Gasteiger partial charge in [0.05, 0.1) is 0 Å². The summed E-state index contributed by atoms with van der Waals surface area (Å²) in [7, 11) is 0. The average molecular weight is 149 g/mol. The molecule has 0 fully saturated rings. The molecule has 0 rings (SSSR count). The maximum absolute atomic E-state index is 10.8. The van der Waals surface area contributed by atoms with Gasteiger partial charge in [0.2, 0.25) is 0 Å². The highest BCUT2D eigenvalue weighted by molar-refractivity contribution is 5.85. The Morgan fingerprint density at radius 3 is 1.71 bits per heavy atom. The van der Waals surface area contributed by atoms with Gasteiger partial charge >= 0.3 is 0 Å². The van der Waals surface area contributed by atoms with E-state index in [4.69, 9.17) is 0 Å². The second-order valence-corrected chi connectivity index (χ2v) is 0.836. The van der Waals surface area contributed by atoms with Crippen LogP contribution in [-0.2, 0) is 4.79 Å². The van der Waals surface area contributed by atoms with Crippen LogP contribution in [0.1, 0.15) is 6.92 Å². The molecule has 0 spiro atoms. The standard InChI is InChI=1S/C3H5FO.2ClH/c1-3(5)2-4;;/h2H2,1H3;2*1H. The van der Waals surface area contributed by atoms with Crippen molar-refractivity contribution in [1.82, 2.24) is 0 Å². The lowest BCUT2D eigenvalue weighted by atomic mass is 10.5. The molecule has 0 aliphatic rings. The summed E-state index contributed by atoms with van der Waals surface area (Å²) >= 11 is 0. The van der Waals surface area contributed by atoms with Crippen molar-refractivity contribution >= 4 is 30.6 Å². The largest absolute Gasteiger partial charge is 0.297 e. The van der Waals surface area contributed by atoms with Gasteiger partial charge in [0.25, 0.3) is 0 Å². The quantitative estimate of drug-likeness (QED) is 0.550. The summed E-state index contributed by atoms with van der Waals surface area (Å²) in [4.78, 5) is 9.44. The zero-order valence-corrected chi connectivity index (χ0v) is 5.44. The Kier molecular flexibility index (Phi) is 21.3. The van der Waals surface area contributed by atoms with Gasteiger partial charge in [-0.1, -0.05) is 0 Å². The zero-order chi connectivity index (χ0) is 4.28. The number of ketones is 1. The molecule has 0 saturated heterocycles. The lowest BCUT2D eigenvalue weighted by Crippen LogP contribution is -1.87. The Hall–Kier alpha value is 0.180. The number of alkyl halides is 1. The van der Waals surface area contributed by atoms with Gasteiger partial charge in [-0.3, -0.25) is 4.79 Å². The van der Waals surface area contributed by atoms with Crippen LogP contribution in [0.5, 0.6) is 0 Å². The van der Waals surface area contributed by atoms with Crippen molar-refractivity contribution in [2.45, 2.75) is 6.92 Å². The molecule has 7 heavy (non-hydrogen) atoms. The summed E-state index contributed by atoms with van der Waals surface area (Å²) in [6.45, 7) is 0.375. The molecule has 0 aromatic rings. The fraction of sp³-hybridized carbons (Fsp3) is 0.667. The minimum Gasteiger partial charge on any atom is -0.297 e. The smallest absolute Gasteiger partial charge is 0.160 e. The minimum atomic E-state index is -0.833. The molecule has 0 saturated carbocycles. The van der Waals surface area contributed by atoms with Gasteiger partial charge < -0.3 is 0 Å². The number of hydrogen-bond donors (Lipinski definition) is 0. The molecule has 0 amide bonds. The molecule has 0 aliphatic heterocycles. The molecule has 0 aromatic carbocycles. The summed E-state index contributed by atoms with van der Waals surface area (Å²) in [6.07, 6.45) is 0. The summed E-state index contributed by atoms with van der Waals surface area (Å²) in [5, 5.41) is 0.